The van der Waals surface area contributed by atoms with Crippen molar-refractivity contribution in [3.8, 4) is 11.4 Å². The van der Waals surface area contributed by atoms with E-state index in [2.05, 4.69) is 14.9 Å². The van der Waals surface area contributed by atoms with Crippen LogP contribution in [0.25, 0.3) is 11.4 Å². The molecule has 1 fully saturated rings. The molecule has 1 saturated heterocycles. The van der Waals surface area contributed by atoms with E-state index in [1.165, 1.54) is 0 Å². The highest BCUT2D eigenvalue weighted by molar-refractivity contribution is 5.85. The topological polar surface area (TPSA) is 69.6 Å². The average Bonchev–Trinajstić information content (AvgIpc) is 2.68. The summed E-state index contributed by atoms with van der Waals surface area (Å²) in [6.07, 6.45) is 1.77. The first-order valence-corrected chi connectivity index (χ1v) is 9.04. The molecule has 26 heavy (non-hydrogen) atoms. The second-order valence-electron chi connectivity index (χ2n) is 7.19. The second-order valence-corrected chi connectivity index (χ2v) is 7.19. The molecule has 1 N–H and O–H groups in total. The molecule has 1 aliphatic heterocycles. The minimum atomic E-state index is -1.32. The summed E-state index contributed by atoms with van der Waals surface area (Å²) in [7, 11) is 0. The number of piperazine rings is 1. The number of hydrogen-bond donors (Lipinski definition) is 1. The summed E-state index contributed by atoms with van der Waals surface area (Å²) in [6, 6.07) is 11.8. The van der Waals surface area contributed by atoms with Crippen molar-refractivity contribution in [3.05, 3.63) is 42.6 Å². The molecule has 0 spiro atoms. The van der Waals surface area contributed by atoms with Gasteiger partial charge < -0.3 is 14.9 Å². The Morgan fingerprint density at radius 3 is 2.38 bits per heavy atom. The van der Waals surface area contributed by atoms with Crippen molar-refractivity contribution in [3.63, 3.8) is 0 Å². The molecule has 0 bridgehead atoms. The Hall–Kier alpha value is -2.47. The lowest BCUT2D eigenvalue weighted by molar-refractivity contribution is -0.154. The van der Waals surface area contributed by atoms with E-state index in [0.717, 1.165) is 11.4 Å². The Labute approximate surface area is 154 Å². The van der Waals surface area contributed by atoms with E-state index < -0.39 is 5.60 Å². The van der Waals surface area contributed by atoms with Gasteiger partial charge in [0, 0.05) is 37.9 Å². The molecule has 0 saturated carbocycles. The maximum atomic E-state index is 12.6. The van der Waals surface area contributed by atoms with Crippen LogP contribution in [0.1, 0.15) is 20.8 Å². The predicted molar refractivity (Wildman–Crippen MR) is 102 cm³/mol. The summed E-state index contributed by atoms with van der Waals surface area (Å²) in [5.74, 6) is 1.24. The van der Waals surface area contributed by atoms with Gasteiger partial charge in [0.15, 0.2) is 5.82 Å². The van der Waals surface area contributed by atoms with Crippen LogP contribution in [0.15, 0.2) is 42.6 Å². The van der Waals surface area contributed by atoms with E-state index in [-0.39, 0.29) is 11.8 Å². The first-order valence-electron chi connectivity index (χ1n) is 9.04. The number of benzene rings is 1. The van der Waals surface area contributed by atoms with Crippen molar-refractivity contribution >= 4 is 11.7 Å². The molecule has 0 unspecified atom stereocenters. The van der Waals surface area contributed by atoms with E-state index in [0.29, 0.717) is 32.0 Å². The fourth-order valence-corrected chi connectivity index (χ4v) is 2.96. The molecule has 2 heterocycles. The van der Waals surface area contributed by atoms with Gasteiger partial charge in [0.1, 0.15) is 11.4 Å². The molecule has 0 radical (unpaired) electrons. The zero-order valence-electron chi connectivity index (χ0n) is 15.6. The maximum absolute atomic E-state index is 12.6. The third-order valence-corrected chi connectivity index (χ3v) is 5.12. The number of hydrogen-bond acceptors (Lipinski definition) is 5. The summed E-state index contributed by atoms with van der Waals surface area (Å²) in [5.41, 5.74) is -0.339. The van der Waals surface area contributed by atoms with Crippen LogP contribution < -0.4 is 4.90 Å². The number of anilines is 1. The standard InChI is InChI=1S/C20H26N4O2/c1-15(2)20(3,26)19(25)24-13-11-23(12-14-24)17-9-10-21-18(22-17)16-7-5-4-6-8-16/h4-10,15,26H,11-14H2,1-3H3/t20-/m1/s1. The Morgan fingerprint density at radius 1 is 1.12 bits per heavy atom. The van der Waals surface area contributed by atoms with Crippen molar-refractivity contribution in [2.24, 2.45) is 5.92 Å². The fourth-order valence-electron chi connectivity index (χ4n) is 2.96. The summed E-state index contributed by atoms with van der Waals surface area (Å²) >= 11 is 0. The minimum absolute atomic E-state index is 0.122. The molecule has 3 rings (SSSR count). The molecule has 6 nitrogen and oxygen atoms in total. The van der Waals surface area contributed by atoms with Gasteiger partial charge in [0.25, 0.3) is 5.91 Å². The monoisotopic (exact) mass is 354 g/mol. The number of carbonyl (C=O) groups is 1. The zero-order chi connectivity index (χ0) is 18.7. The van der Waals surface area contributed by atoms with Crippen LogP contribution in [0.3, 0.4) is 0 Å². The van der Waals surface area contributed by atoms with Crippen molar-refractivity contribution in [1.82, 2.24) is 14.9 Å². The lowest BCUT2D eigenvalue weighted by atomic mass is 9.91. The molecule has 1 aromatic heterocycles. The van der Waals surface area contributed by atoms with Crippen molar-refractivity contribution in [2.75, 3.05) is 31.1 Å². The van der Waals surface area contributed by atoms with Gasteiger partial charge in [-0.15, -0.1) is 0 Å². The largest absolute Gasteiger partial charge is 0.380 e. The Balaban J connectivity index is 1.68. The van der Waals surface area contributed by atoms with E-state index in [4.69, 9.17) is 0 Å². The van der Waals surface area contributed by atoms with Gasteiger partial charge in [-0.2, -0.15) is 0 Å². The van der Waals surface area contributed by atoms with Gasteiger partial charge >= 0.3 is 0 Å². The number of carbonyl (C=O) groups excluding carboxylic acids is 1. The van der Waals surface area contributed by atoms with Crippen LogP contribution in [0.5, 0.6) is 0 Å². The highest BCUT2D eigenvalue weighted by atomic mass is 16.3. The quantitative estimate of drug-likeness (QED) is 0.911. The van der Waals surface area contributed by atoms with E-state index in [1.807, 2.05) is 50.2 Å². The van der Waals surface area contributed by atoms with Crippen molar-refractivity contribution in [1.29, 1.82) is 0 Å². The normalized spacial score (nSPS) is 17.3. The number of aromatic nitrogens is 2. The number of nitrogens with zero attached hydrogens (tertiary/aromatic N) is 4. The summed E-state index contributed by atoms with van der Waals surface area (Å²) in [4.78, 5) is 25.5. The van der Waals surface area contributed by atoms with Gasteiger partial charge in [-0.25, -0.2) is 9.97 Å². The van der Waals surface area contributed by atoms with Crippen LogP contribution >= 0.6 is 0 Å². The molecule has 1 atom stereocenters. The van der Waals surface area contributed by atoms with Crippen LogP contribution in [0, 0.1) is 5.92 Å². The summed E-state index contributed by atoms with van der Waals surface area (Å²) in [5, 5.41) is 10.4. The molecule has 1 amide bonds. The first kappa shape index (κ1) is 18.3. The number of rotatable bonds is 4. The SMILES string of the molecule is CC(C)[C@@](C)(O)C(=O)N1CCN(c2ccnc(-c3ccccc3)n2)CC1. The van der Waals surface area contributed by atoms with Crippen LogP contribution in [0.2, 0.25) is 0 Å². The molecule has 138 valence electrons. The highest BCUT2D eigenvalue weighted by Gasteiger charge is 2.38. The fraction of sp³-hybridized carbons (Fsp3) is 0.450. The third kappa shape index (κ3) is 3.70. The zero-order valence-corrected chi connectivity index (χ0v) is 15.6. The average molecular weight is 354 g/mol. The highest BCUT2D eigenvalue weighted by Crippen LogP contribution is 2.22. The molecular weight excluding hydrogens is 328 g/mol. The van der Waals surface area contributed by atoms with Crippen LogP contribution in [-0.2, 0) is 4.79 Å². The van der Waals surface area contributed by atoms with E-state index in [9.17, 15) is 9.90 Å². The van der Waals surface area contributed by atoms with E-state index >= 15 is 0 Å². The predicted octanol–water partition coefficient (Wildman–Crippen LogP) is 2.20. The maximum Gasteiger partial charge on any atom is 0.254 e. The molecule has 1 aromatic carbocycles. The molecule has 2 aromatic rings. The lowest BCUT2D eigenvalue weighted by Crippen LogP contribution is -2.56. The first-order chi connectivity index (χ1) is 12.4. The van der Waals surface area contributed by atoms with Gasteiger partial charge in [-0.1, -0.05) is 44.2 Å². The Bertz CT molecular complexity index is 753. The smallest absolute Gasteiger partial charge is 0.254 e. The van der Waals surface area contributed by atoms with Gasteiger partial charge in [0.05, 0.1) is 0 Å². The summed E-state index contributed by atoms with van der Waals surface area (Å²) < 4.78 is 0. The Morgan fingerprint density at radius 2 is 1.77 bits per heavy atom. The Kier molecular flexibility index (Phi) is 5.23. The van der Waals surface area contributed by atoms with Gasteiger partial charge in [-0.3, -0.25) is 4.79 Å². The minimum Gasteiger partial charge on any atom is -0.380 e. The van der Waals surface area contributed by atoms with Crippen molar-refractivity contribution < 1.29 is 9.90 Å². The summed E-state index contributed by atoms with van der Waals surface area (Å²) in [6.45, 7) is 7.85. The number of amides is 1. The molecule has 0 aliphatic carbocycles. The number of aliphatic hydroxyl groups is 1. The van der Waals surface area contributed by atoms with Gasteiger partial charge in [-0.05, 0) is 18.9 Å². The third-order valence-electron chi connectivity index (χ3n) is 5.12. The molecule has 6 heteroatoms. The molecule has 1 aliphatic rings. The van der Waals surface area contributed by atoms with Crippen molar-refractivity contribution in [2.45, 2.75) is 26.4 Å². The van der Waals surface area contributed by atoms with E-state index in [1.54, 1.807) is 18.0 Å². The molecular formula is C20H26N4O2. The second kappa shape index (κ2) is 7.41. The van der Waals surface area contributed by atoms with Crippen LogP contribution in [0.4, 0.5) is 5.82 Å². The van der Waals surface area contributed by atoms with Crippen LogP contribution in [-0.4, -0.2) is 57.7 Å². The van der Waals surface area contributed by atoms with Gasteiger partial charge in [0.2, 0.25) is 0 Å². The lowest BCUT2D eigenvalue weighted by Gasteiger charge is -2.39.